The van der Waals surface area contributed by atoms with Gasteiger partial charge >= 0.3 is 0 Å². The van der Waals surface area contributed by atoms with Gasteiger partial charge in [-0.25, -0.2) is 4.39 Å². The first-order chi connectivity index (χ1) is 15.5. The van der Waals surface area contributed by atoms with E-state index in [9.17, 15) is 4.39 Å². The Labute approximate surface area is 201 Å². The molecule has 4 rings (SSSR count). The second-order valence-corrected chi connectivity index (χ2v) is 10.5. The van der Waals surface area contributed by atoms with E-state index in [0.717, 1.165) is 28.9 Å². The summed E-state index contributed by atoms with van der Waals surface area (Å²) in [4.78, 5) is 0. The van der Waals surface area contributed by atoms with Crippen molar-refractivity contribution in [3.63, 3.8) is 0 Å². The lowest BCUT2D eigenvalue weighted by Crippen LogP contribution is -2.17. The van der Waals surface area contributed by atoms with Gasteiger partial charge in [-0.2, -0.15) is 0 Å². The molecule has 32 heavy (non-hydrogen) atoms. The Hall–Kier alpha value is -1.34. The second-order valence-electron chi connectivity index (χ2n) is 10.1. The van der Waals surface area contributed by atoms with Gasteiger partial charge in [-0.3, -0.25) is 0 Å². The molecule has 0 heterocycles. The molecule has 2 saturated carbocycles. The summed E-state index contributed by atoms with van der Waals surface area (Å²) in [7, 11) is 0. The van der Waals surface area contributed by atoms with Gasteiger partial charge in [0.15, 0.2) is 0 Å². The predicted molar refractivity (Wildman–Crippen MR) is 138 cm³/mol. The third-order valence-electron chi connectivity index (χ3n) is 7.93. The predicted octanol–water partition coefficient (Wildman–Crippen LogP) is 10.4. The van der Waals surface area contributed by atoms with Crippen LogP contribution in [-0.2, 0) is 0 Å². The molecule has 0 bridgehead atoms. The molecular formula is C30H42ClF. The highest BCUT2D eigenvalue weighted by atomic mass is 35.5. The van der Waals surface area contributed by atoms with Crippen LogP contribution in [0.15, 0.2) is 36.4 Å². The van der Waals surface area contributed by atoms with Gasteiger partial charge in [0.1, 0.15) is 5.82 Å². The molecule has 2 aromatic carbocycles. The maximum atomic E-state index is 14.2. The monoisotopic (exact) mass is 456 g/mol. The van der Waals surface area contributed by atoms with Crippen molar-refractivity contribution in [2.45, 2.75) is 97.8 Å². The van der Waals surface area contributed by atoms with Gasteiger partial charge in [0.2, 0.25) is 0 Å². The average molecular weight is 457 g/mol. The zero-order valence-corrected chi connectivity index (χ0v) is 21.4. The van der Waals surface area contributed by atoms with Crippen molar-refractivity contribution in [3.05, 3.63) is 58.4 Å². The molecule has 2 fully saturated rings. The van der Waals surface area contributed by atoms with E-state index in [1.54, 1.807) is 13.0 Å². The zero-order chi connectivity index (χ0) is 23.1. The molecule has 0 aliphatic heterocycles. The number of hydrogen-bond acceptors (Lipinski definition) is 0. The van der Waals surface area contributed by atoms with Crippen molar-refractivity contribution in [2.24, 2.45) is 17.8 Å². The molecule has 0 nitrogen and oxygen atoms in total. The molecule has 2 aliphatic carbocycles. The summed E-state index contributed by atoms with van der Waals surface area (Å²) in [6.07, 6.45) is 14.1. The molecule has 0 aromatic heterocycles. The molecule has 2 heteroatoms. The van der Waals surface area contributed by atoms with Crippen molar-refractivity contribution >= 4 is 11.6 Å². The number of rotatable bonds is 5. The summed E-state index contributed by atoms with van der Waals surface area (Å²) in [6, 6.07) is 12.4. The van der Waals surface area contributed by atoms with Crippen LogP contribution >= 0.6 is 11.6 Å². The Morgan fingerprint density at radius 1 is 0.781 bits per heavy atom. The summed E-state index contributed by atoms with van der Waals surface area (Å²) < 4.78 is 14.2. The third kappa shape index (κ3) is 6.37. The number of aryl methyl sites for hydroxylation is 1. The van der Waals surface area contributed by atoms with Gasteiger partial charge in [0.25, 0.3) is 0 Å². The van der Waals surface area contributed by atoms with E-state index in [1.807, 2.05) is 19.9 Å². The van der Waals surface area contributed by atoms with Crippen molar-refractivity contribution in [3.8, 4) is 11.1 Å². The highest BCUT2D eigenvalue weighted by Crippen LogP contribution is 2.40. The van der Waals surface area contributed by atoms with Crippen LogP contribution in [0.25, 0.3) is 11.1 Å². The minimum Gasteiger partial charge on any atom is -0.205 e. The van der Waals surface area contributed by atoms with E-state index in [4.69, 9.17) is 11.6 Å². The maximum Gasteiger partial charge on any atom is 0.145 e. The van der Waals surface area contributed by atoms with Crippen LogP contribution in [0.5, 0.6) is 0 Å². The highest BCUT2D eigenvalue weighted by Gasteiger charge is 2.24. The van der Waals surface area contributed by atoms with Crippen LogP contribution in [0.4, 0.5) is 4.39 Å². The molecule has 0 amide bonds. The van der Waals surface area contributed by atoms with Crippen LogP contribution < -0.4 is 0 Å². The van der Waals surface area contributed by atoms with E-state index in [0.29, 0.717) is 11.5 Å². The average Bonchev–Trinajstić information content (AvgIpc) is 2.84. The van der Waals surface area contributed by atoms with Crippen molar-refractivity contribution in [1.82, 2.24) is 0 Å². The summed E-state index contributed by atoms with van der Waals surface area (Å²) in [5.74, 6) is 3.28. The molecule has 0 atom stereocenters. The first-order valence-electron chi connectivity index (χ1n) is 13.1. The standard InChI is InChI=1S/C28H36ClF.C2H6/c1-19-3-6-21(7-4-19)8-9-22-10-12-23(13-11-22)24-14-16-25(17-15-24)26-18-5-20(2)28(30)27(26)29;1-2/h5,14-19,21-23H,3-4,6-13H2,1-2H3;1-2H3. The van der Waals surface area contributed by atoms with Gasteiger partial charge in [0, 0.05) is 5.56 Å². The van der Waals surface area contributed by atoms with Crippen molar-refractivity contribution < 1.29 is 4.39 Å². The minimum atomic E-state index is -0.306. The lowest BCUT2D eigenvalue weighted by Gasteiger charge is -2.31. The largest absolute Gasteiger partial charge is 0.205 e. The quantitative estimate of drug-likeness (QED) is 0.419. The van der Waals surface area contributed by atoms with Crippen LogP contribution in [0, 0.1) is 30.5 Å². The highest BCUT2D eigenvalue weighted by molar-refractivity contribution is 6.33. The van der Waals surface area contributed by atoms with Crippen molar-refractivity contribution in [2.75, 3.05) is 0 Å². The lowest BCUT2D eigenvalue weighted by atomic mass is 9.74. The van der Waals surface area contributed by atoms with Gasteiger partial charge in [-0.05, 0) is 73.0 Å². The fraction of sp³-hybridized carbons (Fsp3) is 0.600. The molecule has 2 aliphatic rings. The van der Waals surface area contributed by atoms with Crippen LogP contribution in [0.3, 0.4) is 0 Å². The fourth-order valence-corrected chi connectivity index (χ4v) is 6.00. The summed E-state index contributed by atoms with van der Waals surface area (Å²) in [6.45, 7) is 8.16. The Balaban J connectivity index is 0.00000141. The number of benzene rings is 2. The first-order valence-corrected chi connectivity index (χ1v) is 13.4. The molecular weight excluding hydrogens is 415 g/mol. The van der Waals surface area contributed by atoms with Gasteiger partial charge < -0.3 is 0 Å². The molecule has 0 N–H and O–H groups in total. The normalized spacial score (nSPS) is 25.7. The van der Waals surface area contributed by atoms with Crippen LogP contribution in [0.2, 0.25) is 5.02 Å². The lowest BCUT2D eigenvalue weighted by molar-refractivity contribution is 0.237. The van der Waals surface area contributed by atoms with Gasteiger partial charge in [-0.1, -0.05) is 107 Å². The Kier molecular flexibility index (Phi) is 9.65. The summed E-state index contributed by atoms with van der Waals surface area (Å²) in [5.41, 5.74) is 3.81. The van der Waals surface area contributed by atoms with Gasteiger partial charge in [0.05, 0.1) is 5.02 Å². The molecule has 0 spiro atoms. The van der Waals surface area contributed by atoms with E-state index < -0.39 is 0 Å². The summed E-state index contributed by atoms with van der Waals surface area (Å²) in [5, 5.41) is 0.232. The Morgan fingerprint density at radius 3 is 1.88 bits per heavy atom. The molecule has 176 valence electrons. The third-order valence-corrected chi connectivity index (χ3v) is 8.30. The molecule has 2 aromatic rings. The molecule has 0 saturated heterocycles. The van der Waals surface area contributed by atoms with Gasteiger partial charge in [-0.15, -0.1) is 0 Å². The van der Waals surface area contributed by atoms with Crippen molar-refractivity contribution in [1.29, 1.82) is 0 Å². The van der Waals surface area contributed by atoms with E-state index in [2.05, 4.69) is 31.2 Å². The fourth-order valence-electron chi connectivity index (χ4n) is 5.68. The SMILES string of the molecule is CC.Cc1ccc(-c2ccc(C3CCC(CCC4CCC(C)CC4)CC3)cc2)c(Cl)c1F. The zero-order valence-electron chi connectivity index (χ0n) is 20.6. The second kappa shape index (κ2) is 12.2. The van der Waals surface area contributed by atoms with Crippen LogP contribution in [-0.4, -0.2) is 0 Å². The van der Waals surface area contributed by atoms with E-state index in [-0.39, 0.29) is 10.8 Å². The number of hydrogen-bond donors (Lipinski definition) is 0. The summed E-state index contributed by atoms with van der Waals surface area (Å²) >= 11 is 6.26. The maximum absolute atomic E-state index is 14.2. The van der Waals surface area contributed by atoms with Crippen LogP contribution in [0.1, 0.15) is 102 Å². The Bertz CT molecular complexity index is 825. The Morgan fingerprint density at radius 2 is 1.31 bits per heavy atom. The minimum absolute atomic E-state index is 0.232. The topological polar surface area (TPSA) is 0 Å². The van der Waals surface area contributed by atoms with E-state index in [1.165, 1.54) is 69.8 Å². The number of halogens is 2. The smallest absolute Gasteiger partial charge is 0.145 e. The molecule has 0 radical (unpaired) electrons. The van der Waals surface area contributed by atoms with E-state index >= 15 is 0 Å². The first kappa shape index (κ1) is 25.3. The molecule has 0 unspecified atom stereocenters.